The first kappa shape index (κ1) is 13.9. The molecule has 2 heterocycles. The molecule has 0 unspecified atom stereocenters. The Morgan fingerprint density at radius 1 is 1.09 bits per heavy atom. The molecule has 3 aromatic rings. The van der Waals surface area contributed by atoms with Gasteiger partial charge in [0.1, 0.15) is 0 Å². The first-order valence-electron chi connectivity index (χ1n) is 6.90. The van der Waals surface area contributed by atoms with E-state index in [2.05, 4.69) is 20.4 Å². The van der Waals surface area contributed by atoms with Crippen molar-refractivity contribution in [2.24, 2.45) is 0 Å². The van der Waals surface area contributed by atoms with Gasteiger partial charge >= 0.3 is 11.8 Å². The van der Waals surface area contributed by atoms with Gasteiger partial charge < -0.3 is 9.84 Å². The molecule has 1 N–H and O–H groups in total. The number of nitrogens with one attached hydrogen (secondary N) is 1. The normalized spacial score (nSPS) is 10.4. The van der Waals surface area contributed by atoms with E-state index in [-0.39, 0.29) is 11.8 Å². The quantitative estimate of drug-likeness (QED) is 0.779. The Balaban J connectivity index is 1.58. The van der Waals surface area contributed by atoms with E-state index in [4.69, 9.17) is 4.52 Å². The van der Waals surface area contributed by atoms with Gasteiger partial charge in [0.25, 0.3) is 0 Å². The van der Waals surface area contributed by atoms with Crippen molar-refractivity contribution in [1.29, 1.82) is 0 Å². The van der Waals surface area contributed by atoms with Gasteiger partial charge in [-0.25, -0.2) is 0 Å². The highest BCUT2D eigenvalue weighted by molar-refractivity contribution is 5.89. The predicted octanol–water partition coefficient (Wildman–Crippen LogP) is 2.10. The maximum atomic E-state index is 12.0. The second-order valence-electron chi connectivity index (χ2n) is 4.62. The minimum absolute atomic E-state index is 0.0418. The van der Waals surface area contributed by atoms with Gasteiger partial charge in [0.05, 0.1) is 0 Å². The number of aromatic nitrogens is 3. The van der Waals surface area contributed by atoms with Crippen molar-refractivity contribution in [3.63, 3.8) is 0 Å². The van der Waals surface area contributed by atoms with Crippen LogP contribution in [0.4, 0.5) is 0 Å². The zero-order valence-corrected chi connectivity index (χ0v) is 11.8. The molecule has 0 spiro atoms. The maximum Gasteiger partial charge on any atom is 0.316 e. The summed E-state index contributed by atoms with van der Waals surface area (Å²) in [7, 11) is 0. The number of carbonyl (C=O) groups is 1. The first-order valence-corrected chi connectivity index (χ1v) is 6.90. The van der Waals surface area contributed by atoms with Gasteiger partial charge in [-0.3, -0.25) is 9.78 Å². The zero-order chi connectivity index (χ0) is 15.2. The fraction of sp³-hybridized carbons (Fsp3) is 0.125. The molecule has 0 bridgehead atoms. The largest absolute Gasteiger partial charge is 0.347 e. The van der Waals surface area contributed by atoms with Crippen molar-refractivity contribution >= 4 is 5.91 Å². The third-order valence-electron chi connectivity index (χ3n) is 3.05. The molecule has 6 heteroatoms. The molecule has 0 atom stereocenters. The number of rotatable bonds is 5. The predicted molar refractivity (Wildman–Crippen MR) is 80.0 cm³/mol. The molecule has 0 aliphatic heterocycles. The van der Waals surface area contributed by atoms with Gasteiger partial charge in [-0.1, -0.05) is 41.6 Å². The molecule has 6 nitrogen and oxygen atoms in total. The zero-order valence-electron chi connectivity index (χ0n) is 11.8. The second-order valence-corrected chi connectivity index (χ2v) is 4.62. The third kappa shape index (κ3) is 3.35. The first-order chi connectivity index (χ1) is 10.8. The lowest BCUT2D eigenvalue weighted by molar-refractivity contribution is 0.0910. The molecule has 0 aliphatic carbocycles. The van der Waals surface area contributed by atoms with Crippen molar-refractivity contribution in [1.82, 2.24) is 20.4 Å². The number of nitrogens with zero attached hydrogens (tertiary/aromatic N) is 3. The van der Waals surface area contributed by atoms with Gasteiger partial charge in [-0.2, -0.15) is 4.98 Å². The fourth-order valence-electron chi connectivity index (χ4n) is 1.95. The summed E-state index contributed by atoms with van der Waals surface area (Å²) < 4.78 is 4.99. The fourth-order valence-corrected chi connectivity index (χ4v) is 1.95. The van der Waals surface area contributed by atoms with E-state index in [1.165, 1.54) is 0 Å². The van der Waals surface area contributed by atoms with Crippen molar-refractivity contribution < 1.29 is 9.32 Å². The Bertz CT molecular complexity index is 741. The van der Waals surface area contributed by atoms with E-state index < -0.39 is 0 Å². The van der Waals surface area contributed by atoms with E-state index in [1.807, 2.05) is 48.5 Å². The lowest BCUT2D eigenvalue weighted by atomic mass is 10.2. The van der Waals surface area contributed by atoms with Crippen LogP contribution in [-0.2, 0) is 6.42 Å². The number of hydrogen-bond acceptors (Lipinski definition) is 5. The van der Waals surface area contributed by atoms with Crippen LogP contribution in [0.5, 0.6) is 0 Å². The number of amides is 1. The maximum absolute atomic E-state index is 12.0. The summed E-state index contributed by atoms with van der Waals surface area (Å²) in [5.41, 5.74) is 1.72. The van der Waals surface area contributed by atoms with Crippen molar-refractivity contribution in [3.8, 4) is 11.4 Å². The monoisotopic (exact) mass is 294 g/mol. The van der Waals surface area contributed by atoms with E-state index in [0.717, 1.165) is 11.3 Å². The van der Waals surface area contributed by atoms with E-state index in [0.29, 0.717) is 18.8 Å². The highest BCUT2D eigenvalue weighted by Crippen LogP contribution is 2.14. The van der Waals surface area contributed by atoms with Gasteiger partial charge in [0.2, 0.25) is 5.82 Å². The Kier molecular flexibility index (Phi) is 4.20. The average molecular weight is 294 g/mol. The molecule has 1 amide bonds. The molecular formula is C16H14N4O2. The molecule has 2 aromatic heterocycles. The number of hydrogen-bond donors (Lipinski definition) is 1. The van der Waals surface area contributed by atoms with Crippen LogP contribution in [-0.4, -0.2) is 27.6 Å². The molecule has 110 valence electrons. The minimum atomic E-state index is -0.384. The summed E-state index contributed by atoms with van der Waals surface area (Å²) in [6.07, 6.45) is 2.37. The minimum Gasteiger partial charge on any atom is -0.347 e. The van der Waals surface area contributed by atoms with Crippen LogP contribution in [0.1, 0.15) is 16.4 Å². The van der Waals surface area contributed by atoms with Gasteiger partial charge in [-0.05, 0) is 12.1 Å². The highest BCUT2D eigenvalue weighted by Gasteiger charge is 2.15. The summed E-state index contributed by atoms with van der Waals surface area (Å²) in [6.45, 7) is 0.457. The Labute approximate surface area is 127 Å². The van der Waals surface area contributed by atoms with Crippen LogP contribution in [0, 0.1) is 0 Å². The summed E-state index contributed by atoms with van der Waals surface area (Å²) in [6, 6.07) is 15.0. The highest BCUT2D eigenvalue weighted by atomic mass is 16.5. The lowest BCUT2D eigenvalue weighted by Gasteiger charge is -2.01. The molecule has 0 aliphatic rings. The van der Waals surface area contributed by atoms with Gasteiger partial charge in [-0.15, -0.1) is 0 Å². The van der Waals surface area contributed by atoms with Gasteiger partial charge in [0, 0.05) is 30.4 Å². The van der Waals surface area contributed by atoms with Crippen LogP contribution in [0.2, 0.25) is 0 Å². The van der Waals surface area contributed by atoms with E-state index in [9.17, 15) is 4.79 Å². The van der Waals surface area contributed by atoms with Crippen LogP contribution in [0.25, 0.3) is 11.4 Å². The van der Waals surface area contributed by atoms with Crippen LogP contribution in [0.15, 0.2) is 59.3 Å². The van der Waals surface area contributed by atoms with Crippen molar-refractivity contribution in [3.05, 3.63) is 66.3 Å². The van der Waals surface area contributed by atoms with Crippen molar-refractivity contribution in [2.45, 2.75) is 6.42 Å². The van der Waals surface area contributed by atoms with E-state index >= 15 is 0 Å². The summed E-state index contributed by atoms with van der Waals surface area (Å²) in [5.74, 6) is -0.0269. The smallest absolute Gasteiger partial charge is 0.316 e. The van der Waals surface area contributed by atoms with Gasteiger partial charge in [0.15, 0.2) is 0 Å². The molecule has 0 saturated heterocycles. The molecule has 0 fully saturated rings. The summed E-state index contributed by atoms with van der Waals surface area (Å²) >= 11 is 0. The summed E-state index contributed by atoms with van der Waals surface area (Å²) in [4.78, 5) is 20.2. The second kappa shape index (κ2) is 6.62. The number of carbonyl (C=O) groups excluding carboxylic acids is 1. The molecule has 0 saturated carbocycles. The summed E-state index contributed by atoms with van der Waals surface area (Å²) in [5, 5.41) is 6.55. The molecule has 3 rings (SSSR count). The van der Waals surface area contributed by atoms with Crippen LogP contribution < -0.4 is 5.32 Å². The average Bonchev–Trinajstić information content (AvgIpc) is 3.07. The number of pyridine rings is 1. The standard InChI is InChI=1S/C16H14N4O2/c21-15(18-11-9-13-8-4-5-10-17-13)16-19-14(20-22-16)12-6-2-1-3-7-12/h1-8,10H,9,11H2,(H,18,21). The van der Waals surface area contributed by atoms with Crippen molar-refractivity contribution in [2.75, 3.05) is 6.54 Å². The van der Waals surface area contributed by atoms with E-state index in [1.54, 1.807) is 6.20 Å². The Morgan fingerprint density at radius 3 is 2.68 bits per heavy atom. The molecule has 22 heavy (non-hydrogen) atoms. The lowest BCUT2D eigenvalue weighted by Crippen LogP contribution is -2.26. The van der Waals surface area contributed by atoms with Crippen LogP contribution in [0.3, 0.4) is 0 Å². The Hall–Kier alpha value is -3.02. The molecule has 0 radical (unpaired) electrons. The SMILES string of the molecule is O=C(NCCc1ccccn1)c1nc(-c2ccccc2)no1. The molecule has 1 aromatic carbocycles. The topological polar surface area (TPSA) is 80.9 Å². The third-order valence-corrected chi connectivity index (χ3v) is 3.05. The Morgan fingerprint density at radius 2 is 1.91 bits per heavy atom. The van der Waals surface area contributed by atoms with Crippen LogP contribution >= 0.6 is 0 Å². The number of benzene rings is 1. The molecular weight excluding hydrogens is 280 g/mol.